The lowest BCUT2D eigenvalue weighted by molar-refractivity contribution is -0.883. The van der Waals surface area contributed by atoms with Crippen molar-refractivity contribution in [3.8, 4) is 0 Å². The maximum atomic E-state index is 6.57. The van der Waals surface area contributed by atoms with Crippen LogP contribution in [0.4, 0.5) is 0 Å². The smallest absolute Gasteiger partial charge is 0.366 e. The zero-order valence-electron chi connectivity index (χ0n) is 13.3. The fourth-order valence-electron chi connectivity index (χ4n) is 4.48. The lowest BCUT2D eigenvalue weighted by Gasteiger charge is -2.50. The summed E-state index contributed by atoms with van der Waals surface area (Å²) >= 11 is 0. The molecule has 0 amide bonds. The lowest BCUT2D eigenvalue weighted by atomic mass is 9.75. The SMILES string of the molecule is C=P(C)(C)C1(C)OB(C)[N+]2(C(C)(C)C)CCCC12. The quantitative estimate of drug-likeness (QED) is 0.524. The van der Waals surface area contributed by atoms with Gasteiger partial charge >= 0.3 is 7.05 Å². The molecule has 0 aromatic heterocycles. The molecule has 3 atom stereocenters. The molecule has 18 heavy (non-hydrogen) atoms. The van der Waals surface area contributed by atoms with E-state index in [0.717, 1.165) is 4.39 Å². The number of nitrogens with zero attached hydrogens (tertiary/aromatic N) is 1. The highest BCUT2D eigenvalue weighted by atomic mass is 31.2. The summed E-state index contributed by atoms with van der Waals surface area (Å²) < 4.78 is 7.71. The molecule has 2 nitrogen and oxygen atoms in total. The first-order valence-corrected chi connectivity index (χ1v) is 10.1. The molecule has 2 rings (SSSR count). The number of hydrogen-bond donors (Lipinski definition) is 0. The third kappa shape index (κ3) is 1.63. The van der Waals surface area contributed by atoms with E-state index < -0.39 is 6.89 Å². The Morgan fingerprint density at radius 1 is 1.39 bits per heavy atom. The van der Waals surface area contributed by atoms with Crippen molar-refractivity contribution < 1.29 is 9.05 Å². The van der Waals surface area contributed by atoms with Gasteiger partial charge in [0.15, 0.2) is 0 Å². The van der Waals surface area contributed by atoms with E-state index in [9.17, 15) is 0 Å². The average Bonchev–Trinajstić information content (AvgIpc) is 2.66. The van der Waals surface area contributed by atoms with Crippen LogP contribution in [-0.4, -0.2) is 54.5 Å². The Kier molecular flexibility index (Phi) is 3.18. The summed E-state index contributed by atoms with van der Waals surface area (Å²) in [5, 5.41) is -0.00377. The van der Waals surface area contributed by atoms with Crippen LogP contribution < -0.4 is 0 Å². The van der Waals surface area contributed by atoms with Crippen molar-refractivity contribution in [1.29, 1.82) is 0 Å². The molecule has 0 radical (unpaired) electrons. The minimum atomic E-state index is -1.28. The third-order valence-electron chi connectivity index (χ3n) is 5.69. The molecule has 2 heterocycles. The second-order valence-electron chi connectivity index (χ2n) is 7.94. The summed E-state index contributed by atoms with van der Waals surface area (Å²) in [4.78, 5) is 0. The van der Waals surface area contributed by atoms with Crippen LogP contribution in [0.15, 0.2) is 0 Å². The van der Waals surface area contributed by atoms with Gasteiger partial charge in [-0.15, -0.1) is 0 Å². The molecule has 0 spiro atoms. The molecule has 0 aromatic carbocycles. The van der Waals surface area contributed by atoms with Gasteiger partial charge in [-0.3, -0.25) is 0 Å². The maximum absolute atomic E-state index is 6.57. The number of hydrogen-bond acceptors (Lipinski definition) is 1. The number of quaternary nitrogens is 1. The first kappa shape index (κ1) is 14.7. The van der Waals surface area contributed by atoms with Gasteiger partial charge in [0, 0.05) is 19.7 Å². The van der Waals surface area contributed by atoms with Crippen molar-refractivity contribution >= 4 is 20.2 Å². The Labute approximate surface area is 114 Å². The highest BCUT2D eigenvalue weighted by molar-refractivity contribution is 7.73. The van der Waals surface area contributed by atoms with E-state index in [0.29, 0.717) is 13.1 Å². The van der Waals surface area contributed by atoms with E-state index in [1.54, 1.807) is 0 Å². The third-order valence-corrected chi connectivity index (χ3v) is 8.50. The average molecular weight is 270 g/mol. The van der Waals surface area contributed by atoms with Crippen LogP contribution in [0, 0.1) is 0 Å². The summed E-state index contributed by atoms with van der Waals surface area (Å²) in [5.74, 6) is 0. The van der Waals surface area contributed by atoms with Crippen LogP contribution in [0.1, 0.15) is 40.5 Å². The zero-order valence-corrected chi connectivity index (χ0v) is 14.2. The minimum absolute atomic E-state index is 0.00377. The van der Waals surface area contributed by atoms with Crippen LogP contribution >= 0.6 is 6.89 Å². The van der Waals surface area contributed by atoms with E-state index in [1.165, 1.54) is 19.4 Å². The molecule has 0 N–H and O–H groups in total. The second-order valence-corrected chi connectivity index (χ2v) is 12.2. The summed E-state index contributed by atoms with van der Waals surface area (Å²) in [5.41, 5.74) is 0.257. The van der Waals surface area contributed by atoms with Gasteiger partial charge in [-0.25, -0.2) is 0 Å². The van der Waals surface area contributed by atoms with Crippen LogP contribution in [0.25, 0.3) is 0 Å². The minimum Gasteiger partial charge on any atom is -0.366 e. The monoisotopic (exact) mass is 270 g/mol. The molecule has 3 unspecified atom stereocenters. The standard InChI is InChI=1S/C14H30BNOP/c1-13(2,3)16-11-9-10-12(16)14(4,17-15(16)5)18(6,7)8/h12H,6,9-11H2,1-5,7-8H3/q+1. The Bertz CT molecular complexity index is 399. The van der Waals surface area contributed by atoms with Gasteiger partial charge in [0.05, 0.1) is 12.1 Å². The molecule has 0 bridgehead atoms. The van der Waals surface area contributed by atoms with Crippen molar-refractivity contribution in [2.75, 3.05) is 19.9 Å². The van der Waals surface area contributed by atoms with Crippen molar-refractivity contribution in [1.82, 2.24) is 0 Å². The van der Waals surface area contributed by atoms with Crippen molar-refractivity contribution in [2.45, 2.75) is 64.3 Å². The lowest BCUT2D eigenvalue weighted by Crippen LogP contribution is -2.67. The Balaban J connectivity index is 2.55. The van der Waals surface area contributed by atoms with Gasteiger partial charge < -0.3 is 9.05 Å². The van der Waals surface area contributed by atoms with E-state index in [1.807, 2.05) is 0 Å². The van der Waals surface area contributed by atoms with Crippen LogP contribution in [0.5, 0.6) is 0 Å². The van der Waals surface area contributed by atoms with Gasteiger partial charge in [0.2, 0.25) is 0 Å². The Morgan fingerprint density at radius 3 is 2.39 bits per heavy atom. The Morgan fingerprint density at radius 2 is 1.94 bits per heavy atom. The van der Waals surface area contributed by atoms with E-state index in [4.69, 9.17) is 4.65 Å². The highest BCUT2D eigenvalue weighted by Crippen LogP contribution is 2.63. The highest BCUT2D eigenvalue weighted by Gasteiger charge is 2.70. The topological polar surface area (TPSA) is 9.23 Å². The fourth-order valence-corrected chi connectivity index (χ4v) is 6.06. The van der Waals surface area contributed by atoms with Gasteiger partial charge in [0.1, 0.15) is 11.4 Å². The molecule has 2 saturated heterocycles. The summed E-state index contributed by atoms with van der Waals surface area (Å²) in [6, 6.07) is 0.633. The molecule has 0 aromatic rings. The zero-order chi connectivity index (χ0) is 14.0. The number of rotatable bonds is 1. The summed E-state index contributed by atoms with van der Waals surface area (Å²) in [7, 11) is 0.309. The van der Waals surface area contributed by atoms with E-state index >= 15 is 0 Å². The molecular formula is C14H30BNOP+. The van der Waals surface area contributed by atoms with Crippen LogP contribution in [0.3, 0.4) is 0 Å². The largest absolute Gasteiger partial charge is 0.572 e. The second kappa shape index (κ2) is 3.90. The molecule has 0 saturated carbocycles. The first-order valence-electron chi connectivity index (χ1n) is 7.20. The van der Waals surface area contributed by atoms with Crippen molar-refractivity contribution in [2.24, 2.45) is 0 Å². The molecule has 0 aliphatic carbocycles. The number of fused-ring (bicyclic) bond motifs is 1. The molecule has 2 aliphatic rings. The molecule has 4 heteroatoms. The van der Waals surface area contributed by atoms with E-state index in [-0.39, 0.29) is 10.9 Å². The molecular weight excluding hydrogens is 240 g/mol. The fraction of sp³-hybridized carbons (Fsp3) is 0.929. The first-order chi connectivity index (χ1) is 7.97. The molecule has 104 valence electrons. The van der Waals surface area contributed by atoms with Gasteiger partial charge in [0.25, 0.3) is 0 Å². The van der Waals surface area contributed by atoms with Gasteiger partial charge in [-0.05, 0) is 41.0 Å². The van der Waals surface area contributed by atoms with E-state index in [2.05, 4.69) is 54.1 Å². The van der Waals surface area contributed by atoms with Gasteiger partial charge in [-0.1, -0.05) is 13.2 Å². The maximum Gasteiger partial charge on any atom is 0.572 e. The van der Waals surface area contributed by atoms with Crippen molar-refractivity contribution in [3.63, 3.8) is 0 Å². The van der Waals surface area contributed by atoms with Crippen LogP contribution in [-0.2, 0) is 4.65 Å². The predicted octanol–water partition coefficient (Wildman–Crippen LogP) is 3.34. The van der Waals surface area contributed by atoms with Crippen LogP contribution in [0.2, 0.25) is 6.82 Å². The molecule has 2 aliphatic heterocycles. The Hall–Kier alpha value is 0.285. The summed E-state index contributed by atoms with van der Waals surface area (Å²) in [6.45, 7) is 16.4. The van der Waals surface area contributed by atoms with Crippen molar-refractivity contribution in [3.05, 3.63) is 0 Å². The van der Waals surface area contributed by atoms with Gasteiger partial charge in [-0.2, -0.15) is 0 Å². The molecule has 2 fully saturated rings. The predicted molar refractivity (Wildman–Crippen MR) is 84.9 cm³/mol. The normalized spacial score (nSPS) is 41.3. The summed E-state index contributed by atoms with van der Waals surface area (Å²) in [6.07, 6.45) is 7.15.